The molecule has 1 aliphatic heterocycles. The highest BCUT2D eigenvalue weighted by Crippen LogP contribution is 2.34. The van der Waals surface area contributed by atoms with Gasteiger partial charge in [-0.15, -0.1) is 10.2 Å². The highest BCUT2D eigenvalue weighted by molar-refractivity contribution is 5.65. The first-order chi connectivity index (χ1) is 15.5. The van der Waals surface area contributed by atoms with Gasteiger partial charge in [-0.2, -0.15) is 0 Å². The van der Waals surface area contributed by atoms with Crippen molar-refractivity contribution in [1.82, 2.24) is 24.3 Å². The minimum absolute atomic E-state index is 0.0630. The molecule has 4 aromatic rings. The highest BCUT2D eigenvalue weighted by Gasteiger charge is 2.27. The van der Waals surface area contributed by atoms with E-state index in [9.17, 15) is 4.39 Å². The predicted molar refractivity (Wildman–Crippen MR) is 121 cm³/mol. The molecule has 3 heterocycles. The second-order valence-corrected chi connectivity index (χ2v) is 8.06. The molecular weight excluding hydrogens is 407 g/mol. The SMILES string of the molecule is COc1cc(-c2nnc3n2CCCN3C(C)c2ccc(F)cc2)ccc1-n1cnc(C)c1. The normalized spacial score (nSPS) is 14.3. The molecule has 2 aromatic heterocycles. The molecule has 0 fully saturated rings. The zero-order valence-corrected chi connectivity index (χ0v) is 18.4. The van der Waals surface area contributed by atoms with Crippen molar-refractivity contribution in [3.05, 3.63) is 72.1 Å². The molecule has 0 spiro atoms. The maximum absolute atomic E-state index is 13.4. The van der Waals surface area contributed by atoms with Crippen LogP contribution in [0.4, 0.5) is 10.3 Å². The Kier molecular flexibility index (Phi) is 5.13. The number of nitrogens with zero attached hydrogens (tertiary/aromatic N) is 6. The number of aromatic nitrogens is 5. The zero-order chi connectivity index (χ0) is 22.2. The molecule has 32 heavy (non-hydrogen) atoms. The van der Waals surface area contributed by atoms with Gasteiger partial charge in [0.05, 0.1) is 30.9 Å². The fourth-order valence-corrected chi connectivity index (χ4v) is 4.30. The number of rotatable bonds is 5. The topological polar surface area (TPSA) is 61.0 Å². The number of aryl methyl sites for hydroxylation is 1. The summed E-state index contributed by atoms with van der Waals surface area (Å²) in [5.74, 6) is 2.15. The molecular formula is C24H25FN6O. The molecule has 7 nitrogen and oxygen atoms in total. The molecule has 0 saturated heterocycles. The number of methoxy groups -OCH3 is 1. The lowest BCUT2D eigenvalue weighted by Gasteiger charge is -2.34. The molecule has 5 rings (SSSR count). The number of benzene rings is 2. The van der Waals surface area contributed by atoms with Crippen molar-refractivity contribution < 1.29 is 9.13 Å². The van der Waals surface area contributed by atoms with Crippen LogP contribution in [-0.4, -0.2) is 38.0 Å². The predicted octanol–water partition coefficient (Wildman–Crippen LogP) is 4.56. The van der Waals surface area contributed by atoms with E-state index < -0.39 is 0 Å². The van der Waals surface area contributed by atoms with Gasteiger partial charge in [0.15, 0.2) is 5.82 Å². The molecule has 164 valence electrons. The van der Waals surface area contributed by atoms with E-state index >= 15 is 0 Å². The standard InChI is InChI=1S/C24H25FN6O/c1-16-14-29(15-26-16)21-10-7-19(13-22(21)32-3)23-27-28-24-30(11-4-12-31(23)24)17(2)18-5-8-20(25)9-6-18/h5-10,13-15,17H,4,11-12H2,1-3H3. The van der Waals surface area contributed by atoms with E-state index in [-0.39, 0.29) is 11.9 Å². The van der Waals surface area contributed by atoms with Crippen LogP contribution in [0, 0.1) is 12.7 Å². The van der Waals surface area contributed by atoms with Gasteiger partial charge in [-0.25, -0.2) is 9.37 Å². The Bertz CT molecular complexity index is 1250. The van der Waals surface area contributed by atoms with E-state index in [4.69, 9.17) is 4.74 Å². The van der Waals surface area contributed by atoms with Crippen molar-refractivity contribution in [2.24, 2.45) is 0 Å². The summed E-state index contributed by atoms with van der Waals surface area (Å²) in [6, 6.07) is 12.8. The zero-order valence-electron chi connectivity index (χ0n) is 18.4. The lowest BCUT2D eigenvalue weighted by Crippen LogP contribution is -2.34. The van der Waals surface area contributed by atoms with Gasteiger partial charge in [0.25, 0.3) is 0 Å². The first kappa shape index (κ1) is 20.2. The average molecular weight is 433 g/mol. The van der Waals surface area contributed by atoms with Crippen molar-refractivity contribution in [2.45, 2.75) is 32.9 Å². The van der Waals surface area contributed by atoms with Crippen LogP contribution in [0.3, 0.4) is 0 Å². The summed E-state index contributed by atoms with van der Waals surface area (Å²) in [4.78, 5) is 6.54. The number of halogens is 1. The molecule has 0 saturated carbocycles. The van der Waals surface area contributed by atoms with Gasteiger partial charge >= 0.3 is 0 Å². The van der Waals surface area contributed by atoms with Gasteiger partial charge < -0.3 is 14.2 Å². The minimum Gasteiger partial charge on any atom is -0.495 e. The smallest absolute Gasteiger partial charge is 0.228 e. The van der Waals surface area contributed by atoms with Gasteiger partial charge in [-0.3, -0.25) is 4.57 Å². The van der Waals surface area contributed by atoms with E-state index in [0.717, 1.165) is 59.5 Å². The second kappa shape index (κ2) is 8.11. The van der Waals surface area contributed by atoms with Crippen LogP contribution < -0.4 is 9.64 Å². The summed E-state index contributed by atoms with van der Waals surface area (Å²) in [5.41, 5.74) is 3.85. The maximum atomic E-state index is 13.4. The molecule has 1 unspecified atom stereocenters. The van der Waals surface area contributed by atoms with Crippen LogP contribution in [-0.2, 0) is 6.54 Å². The third-order valence-corrected chi connectivity index (χ3v) is 6.02. The molecule has 0 radical (unpaired) electrons. The number of ether oxygens (including phenoxy) is 1. The van der Waals surface area contributed by atoms with Gasteiger partial charge in [0.1, 0.15) is 11.6 Å². The van der Waals surface area contributed by atoms with Crippen LogP contribution in [0.25, 0.3) is 17.1 Å². The molecule has 0 bridgehead atoms. The number of hydrogen-bond acceptors (Lipinski definition) is 5. The Labute approximate surface area is 186 Å². The van der Waals surface area contributed by atoms with E-state index in [0.29, 0.717) is 0 Å². The van der Waals surface area contributed by atoms with Gasteiger partial charge in [-0.1, -0.05) is 12.1 Å². The van der Waals surface area contributed by atoms with Crippen LogP contribution >= 0.6 is 0 Å². The maximum Gasteiger partial charge on any atom is 0.228 e. The molecule has 8 heteroatoms. The molecule has 0 amide bonds. The largest absolute Gasteiger partial charge is 0.495 e. The summed E-state index contributed by atoms with van der Waals surface area (Å²) >= 11 is 0. The Hall–Kier alpha value is -3.68. The van der Waals surface area contributed by atoms with Crippen LogP contribution in [0.15, 0.2) is 55.0 Å². The van der Waals surface area contributed by atoms with E-state index in [1.165, 1.54) is 12.1 Å². The minimum atomic E-state index is -0.228. The Morgan fingerprint density at radius 2 is 1.88 bits per heavy atom. The molecule has 1 atom stereocenters. The van der Waals surface area contributed by atoms with Crippen molar-refractivity contribution >= 4 is 5.95 Å². The Balaban J connectivity index is 1.49. The summed E-state index contributed by atoms with van der Waals surface area (Å²) in [6.07, 6.45) is 4.72. The number of anilines is 1. The van der Waals surface area contributed by atoms with Crippen molar-refractivity contribution in [3.63, 3.8) is 0 Å². The van der Waals surface area contributed by atoms with Gasteiger partial charge in [0.2, 0.25) is 5.95 Å². The van der Waals surface area contributed by atoms with Crippen LogP contribution in [0.1, 0.15) is 30.6 Å². The van der Waals surface area contributed by atoms with Crippen LogP contribution in [0.2, 0.25) is 0 Å². The summed E-state index contributed by atoms with van der Waals surface area (Å²) in [6.45, 7) is 5.79. The lowest BCUT2D eigenvalue weighted by atomic mass is 10.1. The third-order valence-electron chi connectivity index (χ3n) is 6.02. The lowest BCUT2D eigenvalue weighted by molar-refractivity contribution is 0.413. The second-order valence-electron chi connectivity index (χ2n) is 8.06. The summed E-state index contributed by atoms with van der Waals surface area (Å²) in [7, 11) is 1.66. The van der Waals surface area contributed by atoms with E-state index in [2.05, 4.69) is 31.6 Å². The quantitative estimate of drug-likeness (QED) is 0.463. The van der Waals surface area contributed by atoms with Crippen LogP contribution in [0.5, 0.6) is 5.75 Å². The van der Waals surface area contributed by atoms with E-state index in [1.807, 2.05) is 48.0 Å². The first-order valence-electron chi connectivity index (χ1n) is 10.7. The molecule has 0 N–H and O–H groups in total. The number of fused-ring (bicyclic) bond motifs is 1. The molecule has 1 aliphatic rings. The van der Waals surface area contributed by atoms with Crippen molar-refractivity contribution in [1.29, 1.82) is 0 Å². The van der Waals surface area contributed by atoms with Gasteiger partial charge in [-0.05, 0) is 56.2 Å². The molecule has 2 aromatic carbocycles. The fourth-order valence-electron chi connectivity index (χ4n) is 4.30. The number of hydrogen-bond donors (Lipinski definition) is 0. The first-order valence-corrected chi connectivity index (χ1v) is 10.7. The molecule has 0 aliphatic carbocycles. The number of imidazole rings is 1. The van der Waals surface area contributed by atoms with E-state index in [1.54, 1.807) is 13.4 Å². The monoisotopic (exact) mass is 432 g/mol. The van der Waals surface area contributed by atoms with Crippen molar-refractivity contribution in [3.8, 4) is 22.8 Å². The fraction of sp³-hybridized carbons (Fsp3) is 0.292. The highest BCUT2D eigenvalue weighted by atomic mass is 19.1. The Morgan fingerprint density at radius 3 is 2.59 bits per heavy atom. The third kappa shape index (κ3) is 3.51. The average Bonchev–Trinajstić information content (AvgIpc) is 3.45. The summed E-state index contributed by atoms with van der Waals surface area (Å²) < 4.78 is 23.1. The summed E-state index contributed by atoms with van der Waals surface area (Å²) in [5, 5.41) is 9.05. The van der Waals surface area contributed by atoms with Gasteiger partial charge in [0, 0.05) is 24.8 Å². The van der Waals surface area contributed by atoms with Crippen molar-refractivity contribution in [2.75, 3.05) is 18.6 Å². The Morgan fingerprint density at radius 1 is 1.06 bits per heavy atom.